The van der Waals surface area contributed by atoms with Crippen molar-refractivity contribution in [2.45, 2.75) is 38.5 Å². The average Bonchev–Trinajstić information content (AvgIpc) is 3.03. The van der Waals surface area contributed by atoms with E-state index >= 15 is 0 Å². The molecule has 4 rings (SSSR count). The predicted octanol–water partition coefficient (Wildman–Crippen LogP) is 1.62. The second kappa shape index (κ2) is 4.04. The molecule has 2 aromatic heterocycles. The van der Waals surface area contributed by atoms with Crippen molar-refractivity contribution in [3.63, 3.8) is 0 Å². The Morgan fingerprint density at radius 1 is 1.26 bits per heavy atom. The van der Waals surface area contributed by atoms with E-state index in [1.54, 1.807) is 0 Å². The highest BCUT2D eigenvalue weighted by Crippen LogP contribution is 2.38. The van der Waals surface area contributed by atoms with Gasteiger partial charge in [0.1, 0.15) is 5.82 Å². The van der Waals surface area contributed by atoms with Gasteiger partial charge in [0, 0.05) is 11.9 Å². The minimum absolute atomic E-state index is 0.400. The predicted molar refractivity (Wildman–Crippen MR) is 77.6 cm³/mol. The molecule has 0 aromatic carbocycles. The average molecular weight is 271 g/mol. The van der Waals surface area contributed by atoms with Crippen LogP contribution >= 0.6 is 11.3 Å². The summed E-state index contributed by atoms with van der Waals surface area (Å²) in [6, 6.07) is 0. The molecule has 0 saturated heterocycles. The van der Waals surface area contributed by atoms with E-state index in [1.165, 1.54) is 32.1 Å². The number of fused-ring (bicyclic) bond motifs is 2. The lowest BCUT2D eigenvalue weighted by Crippen LogP contribution is -2.30. The Kier molecular flexibility index (Phi) is 2.42. The highest BCUT2D eigenvalue weighted by molar-refractivity contribution is 7.11. The molecule has 0 saturated carbocycles. The van der Waals surface area contributed by atoms with Crippen LogP contribution in [0.1, 0.15) is 46.6 Å². The van der Waals surface area contributed by atoms with E-state index in [2.05, 4.69) is 30.7 Å². The van der Waals surface area contributed by atoms with Crippen LogP contribution in [0.3, 0.4) is 0 Å². The molecular formula is C15H17N3S. The molecule has 0 aliphatic heterocycles. The number of imidazole rings is 1. The molecule has 3 nitrogen and oxygen atoms in total. The zero-order chi connectivity index (χ0) is 13.0. The maximum Gasteiger partial charge on any atom is 0.118 e. The maximum atomic E-state index is 4.88. The van der Waals surface area contributed by atoms with Gasteiger partial charge < -0.3 is 4.57 Å². The molecule has 1 unspecified atom stereocenters. The smallest absolute Gasteiger partial charge is 0.118 e. The molecule has 2 aliphatic carbocycles. The van der Waals surface area contributed by atoms with Gasteiger partial charge in [0.05, 0.1) is 27.3 Å². The third kappa shape index (κ3) is 1.62. The highest BCUT2D eigenvalue weighted by atomic mass is 32.1. The first-order valence-electron chi connectivity index (χ1n) is 6.93. The van der Waals surface area contributed by atoms with Gasteiger partial charge >= 0.3 is 0 Å². The lowest BCUT2D eigenvalue weighted by molar-refractivity contribution is 0.665. The molecule has 2 aromatic rings. The van der Waals surface area contributed by atoms with Gasteiger partial charge in [-0.3, -0.25) is 0 Å². The Morgan fingerprint density at radius 2 is 2.11 bits per heavy atom. The van der Waals surface area contributed by atoms with Gasteiger partial charge in [-0.15, -0.1) is 11.3 Å². The van der Waals surface area contributed by atoms with E-state index < -0.39 is 0 Å². The first kappa shape index (κ1) is 11.4. The van der Waals surface area contributed by atoms with Gasteiger partial charge in [-0.05, 0) is 32.6 Å². The van der Waals surface area contributed by atoms with Crippen molar-refractivity contribution in [3.05, 3.63) is 32.1 Å². The third-order valence-corrected chi connectivity index (χ3v) is 5.23. The monoisotopic (exact) mass is 271 g/mol. The Hall–Kier alpha value is -1.42. The number of aryl methyl sites for hydroxylation is 2. The van der Waals surface area contributed by atoms with Crippen LogP contribution in [-0.2, 0) is 13.5 Å². The van der Waals surface area contributed by atoms with Crippen LogP contribution in [0.25, 0.3) is 12.2 Å². The molecule has 0 N–H and O–H groups in total. The Balaban J connectivity index is 1.89. The van der Waals surface area contributed by atoms with E-state index in [9.17, 15) is 0 Å². The van der Waals surface area contributed by atoms with Gasteiger partial charge in [-0.2, -0.15) is 0 Å². The summed E-state index contributed by atoms with van der Waals surface area (Å²) >= 11 is 1.85. The number of aromatic nitrogens is 3. The summed E-state index contributed by atoms with van der Waals surface area (Å²) in [4.78, 5) is 11.1. The number of hydrogen-bond acceptors (Lipinski definition) is 3. The molecule has 19 heavy (non-hydrogen) atoms. The first-order valence-corrected chi connectivity index (χ1v) is 7.75. The minimum Gasteiger partial charge on any atom is -0.331 e. The van der Waals surface area contributed by atoms with E-state index in [-0.39, 0.29) is 0 Å². The summed E-state index contributed by atoms with van der Waals surface area (Å²) < 4.78 is 2.28. The second-order valence-corrected chi connectivity index (χ2v) is 6.71. The Morgan fingerprint density at radius 3 is 2.95 bits per heavy atom. The van der Waals surface area contributed by atoms with Crippen molar-refractivity contribution in [2.75, 3.05) is 0 Å². The molecule has 0 fully saturated rings. The van der Waals surface area contributed by atoms with Crippen molar-refractivity contribution in [1.82, 2.24) is 14.5 Å². The number of thiazole rings is 1. The molecular weight excluding hydrogens is 254 g/mol. The first-order chi connectivity index (χ1) is 9.24. The van der Waals surface area contributed by atoms with Crippen LogP contribution in [0.5, 0.6) is 0 Å². The fraction of sp³-hybridized carbons (Fsp3) is 0.467. The summed E-state index contributed by atoms with van der Waals surface area (Å²) in [5, 5.41) is 3.65. The van der Waals surface area contributed by atoms with Gasteiger partial charge in [0.15, 0.2) is 0 Å². The van der Waals surface area contributed by atoms with Crippen molar-refractivity contribution in [1.29, 1.82) is 0 Å². The van der Waals surface area contributed by atoms with E-state index in [1.807, 2.05) is 11.3 Å². The summed E-state index contributed by atoms with van der Waals surface area (Å²) in [6.45, 7) is 2.10. The number of rotatable bonds is 1. The molecule has 0 bridgehead atoms. The molecule has 4 heteroatoms. The fourth-order valence-corrected chi connectivity index (χ4v) is 4.31. The number of nitrogens with zero attached hydrogens (tertiary/aromatic N) is 3. The zero-order valence-electron chi connectivity index (χ0n) is 11.3. The standard InChI is InChI=1S/C15H17N3S/c1-9-16-14-10(7-8-13(14)19-9)15-17-11-5-3-4-6-12(11)18(15)2/h5-6,10H,3-4,7-8H2,1-2H3. The van der Waals surface area contributed by atoms with E-state index in [4.69, 9.17) is 9.97 Å². The minimum atomic E-state index is 0.400. The second-order valence-electron chi connectivity index (χ2n) is 5.42. The van der Waals surface area contributed by atoms with E-state index in [0.29, 0.717) is 5.92 Å². The topological polar surface area (TPSA) is 30.7 Å². The van der Waals surface area contributed by atoms with Crippen LogP contribution < -0.4 is 10.7 Å². The SMILES string of the molecule is Cc1nc2c(s1)CCC2c1nc2c(n1C)=CCCC=2. The van der Waals surface area contributed by atoms with Crippen LogP contribution in [0, 0.1) is 6.92 Å². The van der Waals surface area contributed by atoms with Crippen LogP contribution in [0.2, 0.25) is 0 Å². The van der Waals surface area contributed by atoms with Crippen molar-refractivity contribution < 1.29 is 0 Å². The van der Waals surface area contributed by atoms with E-state index in [0.717, 1.165) is 25.7 Å². The van der Waals surface area contributed by atoms with Gasteiger partial charge in [-0.1, -0.05) is 12.2 Å². The van der Waals surface area contributed by atoms with Crippen LogP contribution in [0.4, 0.5) is 0 Å². The van der Waals surface area contributed by atoms with Crippen molar-refractivity contribution >= 4 is 23.5 Å². The highest BCUT2D eigenvalue weighted by Gasteiger charge is 2.30. The molecule has 2 aliphatic rings. The summed E-state index contributed by atoms with van der Waals surface area (Å²) in [5.41, 5.74) is 1.29. The maximum absolute atomic E-state index is 4.88. The quantitative estimate of drug-likeness (QED) is 0.789. The summed E-state index contributed by atoms with van der Waals surface area (Å²) in [5.74, 6) is 1.60. The Bertz CT molecular complexity index is 766. The van der Waals surface area contributed by atoms with Gasteiger partial charge in [0.2, 0.25) is 0 Å². The lowest BCUT2D eigenvalue weighted by Gasteiger charge is -2.09. The Labute approximate surface area is 116 Å². The largest absolute Gasteiger partial charge is 0.331 e. The molecule has 1 atom stereocenters. The van der Waals surface area contributed by atoms with Gasteiger partial charge in [-0.25, -0.2) is 9.97 Å². The molecule has 2 heterocycles. The molecule has 0 radical (unpaired) electrons. The van der Waals surface area contributed by atoms with Crippen molar-refractivity contribution in [3.8, 4) is 0 Å². The fourth-order valence-electron chi connectivity index (χ4n) is 3.29. The third-order valence-electron chi connectivity index (χ3n) is 4.18. The van der Waals surface area contributed by atoms with Crippen molar-refractivity contribution in [2.24, 2.45) is 7.05 Å². The molecule has 0 spiro atoms. The normalized spacial score (nSPS) is 20.6. The van der Waals surface area contributed by atoms with Crippen LogP contribution in [0.15, 0.2) is 0 Å². The number of hydrogen-bond donors (Lipinski definition) is 0. The molecule has 98 valence electrons. The van der Waals surface area contributed by atoms with Gasteiger partial charge in [0.25, 0.3) is 0 Å². The zero-order valence-corrected chi connectivity index (χ0v) is 12.1. The lowest BCUT2D eigenvalue weighted by atomic mass is 10.1. The summed E-state index contributed by atoms with van der Waals surface area (Å²) in [7, 11) is 2.15. The molecule has 0 amide bonds. The summed E-state index contributed by atoms with van der Waals surface area (Å²) in [6.07, 6.45) is 9.16. The van der Waals surface area contributed by atoms with Crippen LogP contribution in [-0.4, -0.2) is 14.5 Å².